The Kier molecular flexibility index (Phi) is 14.2. The van der Waals surface area contributed by atoms with Crippen molar-refractivity contribution in [1.29, 1.82) is 0 Å². The molecule has 2 fully saturated rings. The maximum atomic E-state index is 11.8. The van der Waals surface area contributed by atoms with Crippen molar-refractivity contribution in [3.63, 3.8) is 0 Å². The van der Waals surface area contributed by atoms with E-state index in [-0.39, 0.29) is 5.75 Å². The Morgan fingerprint density at radius 2 is 1.40 bits per heavy atom. The van der Waals surface area contributed by atoms with Crippen LogP contribution < -0.4 is 14.4 Å². The van der Waals surface area contributed by atoms with Gasteiger partial charge in [0.05, 0.1) is 17.0 Å². The zero-order valence-electron chi connectivity index (χ0n) is 20.5. The van der Waals surface area contributed by atoms with E-state index in [0.29, 0.717) is 0 Å². The van der Waals surface area contributed by atoms with Crippen molar-refractivity contribution < 1.29 is 36.5 Å². The van der Waals surface area contributed by atoms with Crippen LogP contribution in [0.1, 0.15) is 64.2 Å². The molecule has 200 valence electrons. The SMILES string of the molecule is CN(C)c1ccccc1[PH+](C1CCCCC1)C1CCCCC1.O=S(=O)(F)Oc1cc[c-]cc1.[Cl][Au]. The molecule has 0 unspecified atom stereocenters. The van der Waals surface area contributed by atoms with Gasteiger partial charge in [0.25, 0.3) is 0 Å². The van der Waals surface area contributed by atoms with Crippen molar-refractivity contribution in [3.8, 4) is 5.75 Å². The minimum absolute atomic E-state index is 0.0637. The van der Waals surface area contributed by atoms with Crippen LogP contribution >= 0.6 is 17.1 Å². The Morgan fingerprint density at radius 1 is 0.914 bits per heavy atom. The van der Waals surface area contributed by atoms with Crippen LogP contribution in [0.25, 0.3) is 0 Å². The third-order valence-corrected chi connectivity index (χ3v) is 11.0. The first-order valence-electron chi connectivity index (χ1n) is 12.2. The number of anilines is 1. The van der Waals surface area contributed by atoms with Crippen molar-refractivity contribution in [2.45, 2.75) is 75.5 Å². The molecule has 0 radical (unpaired) electrons. The molecular formula is C26H37AuClFNO3PS. The van der Waals surface area contributed by atoms with Crippen LogP contribution in [0, 0.1) is 6.07 Å². The summed E-state index contributed by atoms with van der Waals surface area (Å²) in [5, 5.41) is 1.75. The molecular weight excluding hydrogens is 689 g/mol. The third kappa shape index (κ3) is 10.7. The van der Waals surface area contributed by atoms with E-state index in [4.69, 9.17) is 0 Å². The summed E-state index contributed by atoms with van der Waals surface area (Å²) in [6.45, 7) is 0. The molecule has 0 spiro atoms. The van der Waals surface area contributed by atoms with E-state index in [2.05, 4.69) is 62.7 Å². The Bertz CT molecular complexity index is 938. The molecule has 0 amide bonds. The van der Waals surface area contributed by atoms with E-state index < -0.39 is 18.4 Å². The molecule has 2 aliphatic rings. The number of para-hydroxylation sites is 1. The number of benzene rings is 2. The predicted molar refractivity (Wildman–Crippen MR) is 144 cm³/mol. The van der Waals surface area contributed by atoms with Gasteiger partial charge in [-0.3, -0.25) is 0 Å². The van der Waals surface area contributed by atoms with Gasteiger partial charge in [-0.25, -0.2) is 0 Å². The van der Waals surface area contributed by atoms with E-state index in [0.717, 1.165) is 11.3 Å². The molecule has 9 heteroatoms. The van der Waals surface area contributed by atoms with Crippen molar-refractivity contribution in [3.05, 3.63) is 54.6 Å². The molecule has 0 heterocycles. The van der Waals surface area contributed by atoms with Gasteiger partial charge in [0.1, 0.15) is 5.30 Å². The molecule has 0 aromatic heterocycles. The molecule has 4 rings (SSSR count). The van der Waals surface area contributed by atoms with Gasteiger partial charge in [0, 0.05) is 27.8 Å². The Balaban J connectivity index is 0.000000280. The van der Waals surface area contributed by atoms with Crippen LogP contribution in [0.2, 0.25) is 0 Å². The Labute approximate surface area is 228 Å². The average Bonchev–Trinajstić information content (AvgIpc) is 2.87. The molecule has 2 aliphatic carbocycles. The number of nitrogens with zero attached hydrogens (tertiary/aromatic N) is 1. The maximum absolute atomic E-state index is 11.8. The summed E-state index contributed by atoms with van der Waals surface area (Å²) in [6.07, 6.45) is 14.9. The number of halogens is 2. The van der Waals surface area contributed by atoms with Gasteiger partial charge < -0.3 is 9.08 Å². The minimum atomic E-state index is -4.89. The van der Waals surface area contributed by atoms with Crippen molar-refractivity contribution in [2.75, 3.05) is 19.0 Å². The quantitative estimate of drug-likeness (QED) is 0.139. The summed E-state index contributed by atoms with van der Waals surface area (Å²) >= 11 is 1.75. The second-order valence-corrected chi connectivity index (χ2v) is 13.3. The number of rotatable bonds is 6. The van der Waals surface area contributed by atoms with E-state index in [1.165, 1.54) is 94.2 Å². The summed E-state index contributed by atoms with van der Waals surface area (Å²) in [6, 6.07) is 17.4. The summed E-state index contributed by atoms with van der Waals surface area (Å²) in [5.74, 6) is -0.0637. The van der Waals surface area contributed by atoms with E-state index in [1.54, 1.807) is 25.3 Å². The fourth-order valence-electron chi connectivity index (χ4n) is 5.25. The molecule has 0 aliphatic heterocycles. The first-order valence-corrected chi connectivity index (χ1v) is 17.8. The van der Waals surface area contributed by atoms with Crippen LogP contribution in [0.3, 0.4) is 0 Å². The monoisotopic (exact) mass is 725 g/mol. The fourth-order valence-corrected chi connectivity index (χ4v) is 10.1. The van der Waals surface area contributed by atoms with E-state index >= 15 is 0 Å². The standard InChI is InChI=1S/C20H32NP.C6H4FO3S.Au.ClH/c1-21(2)19-15-9-10-16-20(19)22(17-11-5-3-6-12-17)18-13-7-4-8-14-18;7-11(8,9)10-6-4-2-1-3-5-6;;/h9-10,15-18H,3-8,11-14H2,1-2H3;2-5H;;1H/q;-1;+1;. The van der Waals surface area contributed by atoms with Crippen LogP contribution in [-0.2, 0) is 30.5 Å². The van der Waals surface area contributed by atoms with Gasteiger partial charge in [-0.15, -0.1) is 12.1 Å². The molecule has 2 saturated carbocycles. The van der Waals surface area contributed by atoms with Gasteiger partial charge in [0.2, 0.25) is 0 Å². The van der Waals surface area contributed by atoms with Crippen molar-refractivity contribution in [2.24, 2.45) is 0 Å². The number of hydrogen-bond acceptors (Lipinski definition) is 4. The van der Waals surface area contributed by atoms with Gasteiger partial charge >= 0.3 is 39.7 Å². The van der Waals surface area contributed by atoms with Crippen molar-refractivity contribution >= 4 is 38.6 Å². The summed E-state index contributed by atoms with van der Waals surface area (Å²) in [7, 11) is 3.70. The fraction of sp³-hybridized carbons (Fsp3) is 0.538. The topological polar surface area (TPSA) is 46.6 Å². The summed E-state index contributed by atoms with van der Waals surface area (Å²) < 4.78 is 35.5. The zero-order chi connectivity index (χ0) is 25.7. The first kappa shape index (κ1) is 30.6. The Morgan fingerprint density at radius 3 is 1.86 bits per heavy atom. The van der Waals surface area contributed by atoms with Crippen LogP contribution in [-0.4, -0.2) is 33.8 Å². The second kappa shape index (κ2) is 16.3. The zero-order valence-corrected chi connectivity index (χ0v) is 25.2. The summed E-state index contributed by atoms with van der Waals surface area (Å²) in [5.41, 5.74) is 3.57. The third-order valence-electron chi connectivity index (χ3n) is 6.67. The van der Waals surface area contributed by atoms with Crippen molar-refractivity contribution in [1.82, 2.24) is 0 Å². The molecule has 0 bridgehead atoms. The molecule has 0 saturated heterocycles. The predicted octanol–water partition coefficient (Wildman–Crippen LogP) is 7.02. The van der Waals surface area contributed by atoms with Gasteiger partial charge in [0.15, 0.2) is 0 Å². The van der Waals surface area contributed by atoms with E-state index in [9.17, 15) is 12.3 Å². The molecule has 0 N–H and O–H groups in total. The molecule has 0 atom stereocenters. The van der Waals surface area contributed by atoms with Gasteiger partial charge in [-0.1, -0.05) is 28.9 Å². The normalized spacial score (nSPS) is 17.0. The van der Waals surface area contributed by atoms with Gasteiger partial charge in [-0.05, 0) is 63.5 Å². The average molecular weight is 726 g/mol. The number of hydrogen-bond donors (Lipinski definition) is 0. The van der Waals surface area contributed by atoms with Crippen LogP contribution in [0.15, 0.2) is 48.5 Å². The molecule has 4 nitrogen and oxygen atoms in total. The molecule has 2 aromatic carbocycles. The van der Waals surface area contributed by atoms with Crippen LogP contribution in [0.5, 0.6) is 5.75 Å². The molecule has 2 aromatic rings. The van der Waals surface area contributed by atoms with Crippen LogP contribution in [0.4, 0.5) is 9.57 Å². The molecule has 35 heavy (non-hydrogen) atoms. The van der Waals surface area contributed by atoms with E-state index in [1.807, 2.05) is 0 Å². The van der Waals surface area contributed by atoms with Gasteiger partial charge in [-0.2, -0.15) is 26.6 Å². The second-order valence-electron chi connectivity index (χ2n) is 9.25. The first-order chi connectivity index (χ1) is 16.8. The Hall–Kier alpha value is -0.620. The summed E-state index contributed by atoms with van der Waals surface area (Å²) in [4.78, 5) is 2.35.